The highest BCUT2D eigenvalue weighted by Gasteiger charge is 2.52. The van der Waals surface area contributed by atoms with Crippen LogP contribution in [0.4, 0.5) is 0 Å². The normalized spacial score (nSPS) is 22.6. The molecule has 1 aromatic heterocycles. The van der Waals surface area contributed by atoms with Crippen LogP contribution in [0.15, 0.2) is 30.6 Å². The summed E-state index contributed by atoms with van der Waals surface area (Å²) in [6.07, 6.45) is 5.80. The molecule has 8 nitrogen and oxygen atoms in total. The molecule has 0 bridgehead atoms. The van der Waals surface area contributed by atoms with Gasteiger partial charge < -0.3 is 9.80 Å². The Labute approximate surface area is 158 Å². The topological polar surface area (TPSA) is 84.2 Å². The summed E-state index contributed by atoms with van der Waals surface area (Å²) in [5.74, 6) is 0.0641. The average molecular weight is 368 g/mol. The summed E-state index contributed by atoms with van der Waals surface area (Å²) in [4.78, 5) is 30.2. The van der Waals surface area contributed by atoms with Gasteiger partial charge in [0, 0.05) is 25.2 Å². The van der Waals surface area contributed by atoms with Crippen LogP contribution in [0.2, 0.25) is 0 Å². The van der Waals surface area contributed by atoms with Crippen molar-refractivity contribution in [3.8, 4) is 5.69 Å². The minimum Gasteiger partial charge on any atom is -0.341 e. The number of piperidine rings is 1. The summed E-state index contributed by atoms with van der Waals surface area (Å²) in [6.45, 7) is 4.29. The molecular weight excluding hydrogens is 344 g/mol. The fourth-order valence-corrected chi connectivity index (χ4v) is 4.40. The van der Waals surface area contributed by atoms with Crippen molar-refractivity contribution < 1.29 is 9.59 Å². The molecule has 0 aliphatic carbocycles. The van der Waals surface area contributed by atoms with E-state index in [0.717, 1.165) is 50.9 Å². The predicted molar refractivity (Wildman–Crippen MR) is 98.3 cm³/mol. The molecule has 0 saturated carbocycles. The molecule has 142 valence electrons. The molecule has 1 unspecified atom stereocenters. The van der Waals surface area contributed by atoms with Crippen LogP contribution < -0.4 is 0 Å². The third kappa shape index (κ3) is 2.98. The van der Waals surface area contributed by atoms with Crippen LogP contribution in [0, 0.1) is 0 Å². The number of hydrogen-bond acceptors (Lipinski definition) is 5. The van der Waals surface area contributed by atoms with Gasteiger partial charge in [0.25, 0.3) is 5.91 Å². The van der Waals surface area contributed by atoms with Crippen LogP contribution >= 0.6 is 0 Å². The SMILES string of the molecule is CCCN1CCCC2(CCCN2C(=O)c2ccc(-n3cnnn3)cc2)C1=O. The van der Waals surface area contributed by atoms with Gasteiger partial charge in [-0.1, -0.05) is 6.92 Å². The molecule has 2 aliphatic rings. The first-order chi connectivity index (χ1) is 13.2. The van der Waals surface area contributed by atoms with Gasteiger partial charge in [0.1, 0.15) is 11.9 Å². The lowest BCUT2D eigenvalue weighted by atomic mass is 9.85. The number of likely N-dealkylation sites (tertiary alicyclic amines) is 2. The van der Waals surface area contributed by atoms with Crippen LogP contribution in [-0.2, 0) is 4.79 Å². The Morgan fingerprint density at radius 2 is 1.89 bits per heavy atom. The molecule has 2 amide bonds. The standard InChI is InChI=1S/C19H24N6O2/c1-2-11-23-12-3-9-19(18(23)27)10-4-13-24(19)17(26)15-5-7-16(8-6-15)25-14-20-21-22-25/h5-8,14H,2-4,9-13H2,1H3. The van der Waals surface area contributed by atoms with Crippen LogP contribution in [0.1, 0.15) is 49.4 Å². The molecule has 1 atom stereocenters. The van der Waals surface area contributed by atoms with E-state index >= 15 is 0 Å². The summed E-state index contributed by atoms with van der Waals surface area (Å²) in [5, 5.41) is 11.1. The van der Waals surface area contributed by atoms with Gasteiger partial charge in [-0.15, -0.1) is 5.10 Å². The monoisotopic (exact) mass is 368 g/mol. The molecule has 3 heterocycles. The van der Waals surface area contributed by atoms with Crippen LogP contribution in [-0.4, -0.2) is 67.0 Å². The van der Waals surface area contributed by atoms with Gasteiger partial charge in [0.15, 0.2) is 0 Å². The lowest BCUT2D eigenvalue weighted by molar-refractivity contribution is -0.145. The van der Waals surface area contributed by atoms with E-state index in [1.807, 2.05) is 21.9 Å². The van der Waals surface area contributed by atoms with Gasteiger partial charge in [-0.25, -0.2) is 4.68 Å². The smallest absolute Gasteiger partial charge is 0.254 e. The fourth-order valence-electron chi connectivity index (χ4n) is 4.40. The highest BCUT2D eigenvalue weighted by Crippen LogP contribution is 2.39. The van der Waals surface area contributed by atoms with Gasteiger partial charge in [-0.3, -0.25) is 9.59 Å². The molecule has 1 aromatic carbocycles. The lowest BCUT2D eigenvalue weighted by Crippen LogP contribution is -2.61. The van der Waals surface area contributed by atoms with E-state index < -0.39 is 5.54 Å². The molecule has 27 heavy (non-hydrogen) atoms. The van der Waals surface area contributed by atoms with Crippen molar-refractivity contribution in [2.45, 2.75) is 44.6 Å². The van der Waals surface area contributed by atoms with E-state index in [1.54, 1.807) is 16.8 Å². The zero-order chi connectivity index (χ0) is 18.9. The molecule has 4 rings (SSSR count). The van der Waals surface area contributed by atoms with E-state index in [1.165, 1.54) is 6.33 Å². The number of benzene rings is 1. The van der Waals surface area contributed by atoms with Crippen molar-refractivity contribution in [3.63, 3.8) is 0 Å². The zero-order valence-corrected chi connectivity index (χ0v) is 15.5. The van der Waals surface area contributed by atoms with Gasteiger partial charge in [-0.2, -0.15) is 0 Å². The Morgan fingerprint density at radius 3 is 2.56 bits per heavy atom. The molecule has 0 radical (unpaired) electrons. The maximum Gasteiger partial charge on any atom is 0.254 e. The summed E-state index contributed by atoms with van der Waals surface area (Å²) in [6, 6.07) is 7.20. The maximum absolute atomic E-state index is 13.2. The maximum atomic E-state index is 13.2. The number of aromatic nitrogens is 4. The number of hydrogen-bond donors (Lipinski definition) is 0. The van der Waals surface area contributed by atoms with Crippen molar-refractivity contribution in [1.82, 2.24) is 30.0 Å². The zero-order valence-electron chi connectivity index (χ0n) is 15.5. The van der Waals surface area contributed by atoms with Crippen LogP contribution in [0.3, 0.4) is 0 Å². The summed E-state index contributed by atoms with van der Waals surface area (Å²) in [5.41, 5.74) is 0.725. The molecule has 2 aromatic rings. The Bertz CT molecular complexity index is 817. The number of nitrogens with zero attached hydrogens (tertiary/aromatic N) is 6. The van der Waals surface area contributed by atoms with E-state index in [9.17, 15) is 9.59 Å². The van der Waals surface area contributed by atoms with Crippen molar-refractivity contribution in [2.24, 2.45) is 0 Å². The van der Waals surface area contributed by atoms with Crippen molar-refractivity contribution in [2.75, 3.05) is 19.6 Å². The van der Waals surface area contributed by atoms with Crippen LogP contribution in [0.25, 0.3) is 5.69 Å². The first-order valence-electron chi connectivity index (χ1n) is 9.60. The molecular formula is C19H24N6O2. The molecule has 0 N–H and O–H groups in total. The van der Waals surface area contributed by atoms with E-state index in [2.05, 4.69) is 22.4 Å². The van der Waals surface area contributed by atoms with Crippen molar-refractivity contribution in [1.29, 1.82) is 0 Å². The number of amides is 2. The van der Waals surface area contributed by atoms with Crippen LogP contribution in [0.5, 0.6) is 0 Å². The minimum atomic E-state index is -0.654. The first kappa shape index (κ1) is 17.6. The summed E-state index contributed by atoms with van der Waals surface area (Å²) in [7, 11) is 0. The Morgan fingerprint density at radius 1 is 1.15 bits per heavy atom. The van der Waals surface area contributed by atoms with E-state index in [-0.39, 0.29) is 11.8 Å². The molecule has 1 spiro atoms. The molecule has 2 fully saturated rings. The second kappa shape index (κ2) is 7.09. The molecule has 2 aliphatic heterocycles. The quantitative estimate of drug-likeness (QED) is 0.820. The minimum absolute atomic E-state index is 0.0672. The number of carbonyl (C=O) groups excluding carboxylic acids is 2. The number of rotatable bonds is 4. The van der Waals surface area contributed by atoms with Gasteiger partial charge >= 0.3 is 0 Å². The highest BCUT2D eigenvalue weighted by molar-refractivity contribution is 6.00. The van der Waals surface area contributed by atoms with Crippen molar-refractivity contribution >= 4 is 11.8 Å². The number of carbonyl (C=O) groups is 2. The molecule has 8 heteroatoms. The molecule has 2 saturated heterocycles. The largest absolute Gasteiger partial charge is 0.341 e. The third-order valence-corrected chi connectivity index (χ3v) is 5.66. The fraction of sp³-hybridized carbons (Fsp3) is 0.526. The second-order valence-corrected chi connectivity index (χ2v) is 7.29. The Kier molecular flexibility index (Phi) is 4.63. The second-order valence-electron chi connectivity index (χ2n) is 7.29. The Balaban J connectivity index is 1.58. The summed E-state index contributed by atoms with van der Waals surface area (Å²) < 4.78 is 1.54. The third-order valence-electron chi connectivity index (χ3n) is 5.66. The average Bonchev–Trinajstić information content (AvgIpc) is 3.36. The first-order valence-corrected chi connectivity index (χ1v) is 9.60. The summed E-state index contributed by atoms with van der Waals surface area (Å²) >= 11 is 0. The highest BCUT2D eigenvalue weighted by atomic mass is 16.2. The van der Waals surface area contributed by atoms with Gasteiger partial charge in [-0.05, 0) is 66.8 Å². The van der Waals surface area contributed by atoms with E-state index in [4.69, 9.17) is 0 Å². The van der Waals surface area contributed by atoms with Gasteiger partial charge in [0.05, 0.1) is 5.69 Å². The predicted octanol–water partition coefficient (Wildman–Crippen LogP) is 1.67. The number of tetrazole rings is 1. The van der Waals surface area contributed by atoms with Gasteiger partial charge in [0.2, 0.25) is 5.91 Å². The lowest BCUT2D eigenvalue weighted by Gasteiger charge is -2.44. The van der Waals surface area contributed by atoms with Crippen molar-refractivity contribution in [3.05, 3.63) is 36.2 Å². The Hall–Kier alpha value is -2.77. The van der Waals surface area contributed by atoms with E-state index in [0.29, 0.717) is 12.1 Å².